The summed E-state index contributed by atoms with van der Waals surface area (Å²) < 4.78 is 16.6. The lowest BCUT2D eigenvalue weighted by Gasteiger charge is -2.32. The molecule has 0 amide bonds. The zero-order chi connectivity index (χ0) is 16.5. The van der Waals surface area contributed by atoms with Crippen molar-refractivity contribution in [3.05, 3.63) is 24.9 Å². The minimum absolute atomic E-state index is 0.181. The standard InChI is InChI=1S/C15H26O6/c1-10-15(8,18-11(2)17-10)9-12(19-13(3,4)5)20-21-14(6,7)16/h12,16H,1-2,9H2,3-8H3. The highest BCUT2D eigenvalue weighted by Gasteiger charge is 2.43. The monoisotopic (exact) mass is 302 g/mol. The molecule has 1 heterocycles. The predicted octanol–water partition coefficient (Wildman–Crippen LogP) is 2.98. The average molecular weight is 302 g/mol. The Kier molecular flexibility index (Phi) is 5.10. The fourth-order valence-corrected chi connectivity index (χ4v) is 1.71. The van der Waals surface area contributed by atoms with Gasteiger partial charge in [0.15, 0.2) is 17.7 Å². The van der Waals surface area contributed by atoms with E-state index in [9.17, 15) is 5.11 Å². The van der Waals surface area contributed by atoms with Gasteiger partial charge in [-0.3, -0.25) is 0 Å². The highest BCUT2D eigenvalue weighted by Crippen LogP contribution is 2.38. The largest absolute Gasteiger partial charge is 0.451 e. The smallest absolute Gasteiger partial charge is 0.277 e. The summed E-state index contributed by atoms with van der Waals surface area (Å²) in [5, 5.41) is 9.59. The Balaban J connectivity index is 2.77. The molecule has 1 aliphatic heterocycles. The number of hydrogen-bond acceptors (Lipinski definition) is 6. The molecule has 6 heteroatoms. The molecule has 1 rings (SSSR count). The van der Waals surface area contributed by atoms with Crippen molar-refractivity contribution in [2.45, 2.75) is 71.2 Å². The molecule has 1 aliphatic rings. The molecule has 0 bridgehead atoms. The lowest BCUT2D eigenvalue weighted by Crippen LogP contribution is -2.39. The van der Waals surface area contributed by atoms with Crippen molar-refractivity contribution in [3.63, 3.8) is 0 Å². The third kappa shape index (κ3) is 6.05. The summed E-state index contributed by atoms with van der Waals surface area (Å²) in [5.74, 6) is -0.837. The lowest BCUT2D eigenvalue weighted by atomic mass is 10.00. The fourth-order valence-electron chi connectivity index (χ4n) is 1.71. The van der Waals surface area contributed by atoms with Crippen LogP contribution in [0.5, 0.6) is 0 Å². The summed E-state index contributed by atoms with van der Waals surface area (Å²) in [6, 6.07) is 0. The van der Waals surface area contributed by atoms with Crippen LogP contribution in [0.3, 0.4) is 0 Å². The predicted molar refractivity (Wildman–Crippen MR) is 76.6 cm³/mol. The molecule has 1 N–H and O–H groups in total. The van der Waals surface area contributed by atoms with E-state index in [0.717, 1.165) is 0 Å². The minimum atomic E-state index is -1.44. The molecule has 0 aromatic heterocycles. The van der Waals surface area contributed by atoms with Crippen LogP contribution in [0.2, 0.25) is 0 Å². The normalized spacial score (nSPS) is 24.7. The van der Waals surface area contributed by atoms with Crippen LogP contribution in [0.25, 0.3) is 0 Å². The molecule has 2 unspecified atom stereocenters. The Hall–Kier alpha value is -1.08. The van der Waals surface area contributed by atoms with Gasteiger partial charge in [0.2, 0.25) is 0 Å². The molecule has 1 saturated heterocycles. The zero-order valence-corrected chi connectivity index (χ0v) is 13.7. The summed E-state index contributed by atoms with van der Waals surface area (Å²) in [4.78, 5) is 10.2. The van der Waals surface area contributed by atoms with Gasteiger partial charge in [-0.2, -0.15) is 4.89 Å². The van der Waals surface area contributed by atoms with Gasteiger partial charge < -0.3 is 19.3 Å². The average Bonchev–Trinajstić information content (AvgIpc) is 2.45. The van der Waals surface area contributed by atoms with E-state index in [1.807, 2.05) is 20.8 Å². The van der Waals surface area contributed by atoms with Crippen molar-refractivity contribution in [1.29, 1.82) is 0 Å². The van der Waals surface area contributed by atoms with Gasteiger partial charge in [0.25, 0.3) is 5.95 Å². The Morgan fingerprint density at radius 3 is 2.19 bits per heavy atom. The molecule has 2 atom stereocenters. The molecule has 0 aromatic carbocycles. The highest BCUT2D eigenvalue weighted by molar-refractivity contribution is 5.12. The Labute approximate surface area is 126 Å². The number of aliphatic hydroxyl groups is 1. The van der Waals surface area contributed by atoms with Crippen molar-refractivity contribution >= 4 is 0 Å². The van der Waals surface area contributed by atoms with E-state index in [-0.39, 0.29) is 12.4 Å². The van der Waals surface area contributed by atoms with E-state index in [0.29, 0.717) is 5.76 Å². The molecule has 0 spiro atoms. The van der Waals surface area contributed by atoms with Crippen molar-refractivity contribution in [1.82, 2.24) is 0 Å². The molecule has 0 radical (unpaired) electrons. The van der Waals surface area contributed by atoms with E-state index in [1.165, 1.54) is 13.8 Å². The van der Waals surface area contributed by atoms with Crippen LogP contribution in [0.15, 0.2) is 24.9 Å². The van der Waals surface area contributed by atoms with Crippen LogP contribution in [-0.4, -0.2) is 28.4 Å². The first-order chi connectivity index (χ1) is 9.31. The molecule has 0 aliphatic carbocycles. The maximum atomic E-state index is 9.59. The molecule has 0 aromatic rings. The van der Waals surface area contributed by atoms with Crippen LogP contribution in [0.4, 0.5) is 0 Å². The van der Waals surface area contributed by atoms with Crippen LogP contribution in [0, 0.1) is 0 Å². The lowest BCUT2D eigenvalue weighted by molar-refractivity contribution is -0.467. The van der Waals surface area contributed by atoms with Crippen molar-refractivity contribution in [3.8, 4) is 0 Å². The van der Waals surface area contributed by atoms with Gasteiger partial charge in [-0.05, 0) is 48.1 Å². The molecule has 6 nitrogen and oxygen atoms in total. The van der Waals surface area contributed by atoms with Gasteiger partial charge in [0.1, 0.15) is 5.76 Å². The number of rotatable bonds is 6. The Morgan fingerprint density at radius 2 is 1.81 bits per heavy atom. The molecule has 1 fully saturated rings. The van der Waals surface area contributed by atoms with Gasteiger partial charge >= 0.3 is 0 Å². The summed E-state index contributed by atoms with van der Waals surface area (Å²) in [6.07, 6.45) is -0.522. The van der Waals surface area contributed by atoms with Gasteiger partial charge in [0, 0.05) is 6.42 Å². The minimum Gasteiger partial charge on any atom is -0.451 e. The van der Waals surface area contributed by atoms with Crippen molar-refractivity contribution in [2.24, 2.45) is 0 Å². The third-order valence-electron chi connectivity index (χ3n) is 2.57. The van der Waals surface area contributed by atoms with Crippen LogP contribution in [-0.2, 0) is 24.0 Å². The Bertz CT molecular complexity index is 403. The molecular weight excluding hydrogens is 276 g/mol. The first kappa shape index (κ1) is 18.0. The van der Waals surface area contributed by atoms with Gasteiger partial charge in [-0.15, -0.1) is 0 Å². The van der Waals surface area contributed by atoms with E-state index in [4.69, 9.17) is 24.0 Å². The molecular formula is C15H26O6. The Morgan fingerprint density at radius 1 is 1.24 bits per heavy atom. The van der Waals surface area contributed by atoms with E-state index in [2.05, 4.69) is 13.2 Å². The second-order valence-corrected chi connectivity index (χ2v) is 6.72. The highest BCUT2D eigenvalue weighted by atomic mass is 17.2. The topological polar surface area (TPSA) is 66.4 Å². The molecule has 122 valence electrons. The van der Waals surface area contributed by atoms with Gasteiger partial charge in [-0.1, -0.05) is 6.58 Å². The second kappa shape index (κ2) is 5.96. The van der Waals surface area contributed by atoms with E-state index < -0.39 is 23.3 Å². The first-order valence-electron chi connectivity index (χ1n) is 6.81. The molecule has 21 heavy (non-hydrogen) atoms. The first-order valence-corrected chi connectivity index (χ1v) is 6.81. The van der Waals surface area contributed by atoms with Crippen LogP contribution in [0.1, 0.15) is 48.0 Å². The molecule has 0 saturated carbocycles. The van der Waals surface area contributed by atoms with Crippen LogP contribution < -0.4 is 0 Å². The third-order valence-corrected chi connectivity index (χ3v) is 2.57. The maximum Gasteiger partial charge on any atom is 0.277 e. The summed E-state index contributed by atoms with van der Waals surface area (Å²) in [5.41, 5.74) is -1.31. The number of ether oxygens (including phenoxy) is 3. The van der Waals surface area contributed by atoms with Crippen LogP contribution >= 0.6 is 0 Å². The van der Waals surface area contributed by atoms with Gasteiger partial charge in [-0.25, -0.2) is 4.89 Å². The maximum absolute atomic E-state index is 9.59. The summed E-state index contributed by atoms with van der Waals surface area (Å²) >= 11 is 0. The van der Waals surface area contributed by atoms with Crippen molar-refractivity contribution < 1.29 is 29.1 Å². The SMILES string of the molecule is C=C1OC(=C)C(C)(CC(OOC(C)(C)O)OC(C)(C)C)O1. The fraction of sp³-hybridized carbons (Fsp3) is 0.733. The second-order valence-electron chi connectivity index (χ2n) is 6.72. The number of hydrogen-bond donors (Lipinski definition) is 1. The zero-order valence-electron chi connectivity index (χ0n) is 13.7. The van der Waals surface area contributed by atoms with Crippen molar-refractivity contribution in [2.75, 3.05) is 0 Å². The quantitative estimate of drug-likeness (QED) is 0.462. The summed E-state index contributed by atoms with van der Waals surface area (Å²) in [7, 11) is 0. The van der Waals surface area contributed by atoms with Gasteiger partial charge in [0.05, 0.1) is 5.60 Å². The van der Waals surface area contributed by atoms with E-state index in [1.54, 1.807) is 6.92 Å². The van der Waals surface area contributed by atoms with E-state index >= 15 is 0 Å². The summed E-state index contributed by atoms with van der Waals surface area (Å²) in [6.45, 7) is 17.8.